The zero-order valence-corrected chi connectivity index (χ0v) is 10.9. The highest BCUT2D eigenvalue weighted by molar-refractivity contribution is 6.17. The zero-order chi connectivity index (χ0) is 11.4. The zero-order valence-electron chi connectivity index (χ0n) is 10.2. The van der Waals surface area contributed by atoms with Gasteiger partial charge < -0.3 is 5.11 Å². The van der Waals surface area contributed by atoms with E-state index in [1.54, 1.807) is 0 Å². The van der Waals surface area contributed by atoms with Crippen LogP contribution in [0, 0.1) is 0 Å². The first-order valence-corrected chi connectivity index (χ1v) is 7.05. The van der Waals surface area contributed by atoms with E-state index in [0.717, 1.165) is 31.6 Å². The smallest absolute Gasteiger partial charge is 0.0512 e. The van der Waals surface area contributed by atoms with Gasteiger partial charge in [-0.15, -0.1) is 11.6 Å². The lowest BCUT2D eigenvalue weighted by Gasteiger charge is -2.05. The number of aliphatic hydroxyl groups is 1. The molecule has 1 atom stereocenters. The van der Waals surface area contributed by atoms with Crippen molar-refractivity contribution >= 4 is 11.6 Å². The van der Waals surface area contributed by atoms with Crippen LogP contribution in [0.25, 0.3) is 0 Å². The predicted octanol–water partition coefficient (Wildman–Crippen LogP) is 4.51. The number of rotatable bonds is 5. The van der Waals surface area contributed by atoms with E-state index < -0.39 is 0 Å². The molecular formula is C13H27ClO. The van der Waals surface area contributed by atoms with Gasteiger partial charge in [-0.3, -0.25) is 0 Å². The van der Waals surface area contributed by atoms with Gasteiger partial charge in [0.1, 0.15) is 0 Å². The highest BCUT2D eigenvalue weighted by atomic mass is 35.5. The van der Waals surface area contributed by atoms with E-state index in [4.69, 9.17) is 16.7 Å². The summed E-state index contributed by atoms with van der Waals surface area (Å²) in [6, 6.07) is 0. The van der Waals surface area contributed by atoms with E-state index >= 15 is 0 Å². The fraction of sp³-hybridized carbons (Fsp3) is 1.00. The highest BCUT2D eigenvalue weighted by Crippen LogP contribution is 2.15. The molecule has 1 saturated carbocycles. The number of aliphatic hydroxyl groups excluding tert-OH is 1. The molecule has 0 spiro atoms. The monoisotopic (exact) mass is 234 g/mol. The third kappa shape index (κ3) is 14.2. The molecule has 0 heterocycles. The van der Waals surface area contributed by atoms with Crippen LogP contribution >= 0.6 is 11.6 Å². The predicted molar refractivity (Wildman–Crippen MR) is 68.6 cm³/mol. The number of alkyl halides is 1. The molecule has 1 unspecified atom stereocenters. The summed E-state index contributed by atoms with van der Waals surface area (Å²) in [6.07, 6.45) is 13.1. The molecular weight excluding hydrogens is 208 g/mol. The van der Waals surface area contributed by atoms with Crippen LogP contribution in [0.2, 0.25) is 0 Å². The van der Waals surface area contributed by atoms with Gasteiger partial charge in [-0.25, -0.2) is 0 Å². The average Bonchev–Trinajstić information content (AvgIpc) is 2.28. The molecule has 1 nitrogen and oxygen atoms in total. The lowest BCUT2D eigenvalue weighted by atomic mass is 10.0. The van der Waals surface area contributed by atoms with E-state index in [1.807, 2.05) is 6.92 Å². The third-order valence-electron chi connectivity index (χ3n) is 2.76. The Kier molecular flexibility index (Phi) is 12.5. The van der Waals surface area contributed by atoms with E-state index in [-0.39, 0.29) is 6.10 Å². The van der Waals surface area contributed by atoms with Crippen LogP contribution in [0.1, 0.15) is 71.1 Å². The van der Waals surface area contributed by atoms with Crippen LogP contribution in [0.4, 0.5) is 0 Å². The topological polar surface area (TPSA) is 20.2 Å². The van der Waals surface area contributed by atoms with Crippen molar-refractivity contribution in [2.75, 3.05) is 5.88 Å². The Balaban J connectivity index is 0.000000280. The molecule has 0 saturated heterocycles. The molecule has 1 fully saturated rings. The Bertz CT molecular complexity index is 99.6. The van der Waals surface area contributed by atoms with E-state index in [1.165, 1.54) is 38.5 Å². The van der Waals surface area contributed by atoms with Crippen LogP contribution in [0.3, 0.4) is 0 Å². The van der Waals surface area contributed by atoms with Gasteiger partial charge in [-0.2, -0.15) is 0 Å². The van der Waals surface area contributed by atoms with Crippen LogP contribution < -0.4 is 0 Å². The molecule has 0 aromatic heterocycles. The standard InChI is InChI=1S/C7H15ClO.C6H12/c1-7(9)5-3-2-4-6-8;1-2-4-6-5-3-1/h7,9H,2-6H2,1H3;1-6H2. The summed E-state index contributed by atoms with van der Waals surface area (Å²) in [6.45, 7) is 1.82. The molecule has 0 aromatic rings. The number of halogens is 1. The molecule has 0 radical (unpaired) electrons. The minimum absolute atomic E-state index is 0.139. The molecule has 92 valence electrons. The molecule has 0 amide bonds. The van der Waals surface area contributed by atoms with Crippen LogP contribution in [0.5, 0.6) is 0 Å². The number of hydrogen-bond donors (Lipinski definition) is 1. The fourth-order valence-electron chi connectivity index (χ4n) is 1.77. The van der Waals surface area contributed by atoms with Crippen LogP contribution in [-0.2, 0) is 0 Å². The Labute approximate surface area is 100 Å². The lowest BCUT2D eigenvalue weighted by molar-refractivity contribution is 0.180. The molecule has 0 aliphatic heterocycles. The average molecular weight is 235 g/mol. The first-order chi connectivity index (χ1) is 7.27. The summed E-state index contributed by atoms with van der Waals surface area (Å²) < 4.78 is 0. The largest absolute Gasteiger partial charge is 0.393 e. The summed E-state index contributed by atoms with van der Waals surface area (Å²) in [7, 11) is 0. The fourth-order valence-corrected chi connectivity index (χ4v) is 1.96. The maximum absolute atomic E-state index is 8.82. The first kappa shape index (κ1) is 15.2. The van der Waals surface area contributed by atoms with Gasteiger partial charge in [0.2, 0.25) is 0 Å². The summed E-state index contributed by atoms with van der Waals surface area (Å²) in [4.78, 5) is 0. The quantitative estimate of drug-likeness (QED) is 0.548. The molecule has 0 aromatic carbocycles. The van der Waals surface area contributed by atoms with Crippen molar-refractivity contribution in [3.63, 3.8) is 0 Å². The van der Waals surface area contributed by atoms with Gasteiger partial charge in [-0.05, 0) is 19.8 Å². The van der Waals surface area contributed by atoms with Gasteiger partial charge in [-0.1, -0.05) is 51.4 Å². The third-order valence-corrected chi connectivity index (χ3v) is 3.02. The van der Waals surface area contributed by atoms with Crippen molar-refractivity contribution < 1.29 is 5.11 Å². The maximum atomic E-state index is 8.82. The van der Waals surface area contributed by atoms with Crippen molar-refractivity contribution in [3.8, 4) is 0 Å². The molecule has 1 aliphatic carbocycles. The van der Waals surface area contributed by atoms with Crippen LogP contribution in [-0.4, -0.2) is 17.1 Å². The second-order valence-corrected chi connectivity index (χ2v) is 4.89. The maximum Gasteiger partial charge on any atom is 0.0512 e. The minimum atomic E-state index is -0.139. The van der Waals surface area contributed by atoms with Crippen molar-refractivity contribution in [2.24, 2.45) is 0 Å². The number of unbranched alkanes of at least 4 members (excludes halogenated alkanes) is 2. The van der Waals surface area contributed by atoms with Crippen molar-refractivity contribution in [2.45, 2.75) is 77.2 Å². The Morgan fingerprint density at radius 1 is 0.933 bits per heavy atom. The van der Waals surface area contributed by atoms with Gasteiger partial charge in [0.05, 0.1) is 6.10 Å². The van der Waals surface area contributed by atoms with Crippen molar-refractivity contribution in [3.05, 3.63) is 0 Å². The van der Waals surface area contributed by atoms with Crippen molar-refractivity contribution in [1.82, 2.24) is 0 Å². The van der Waals surface area contributed by atoms with E-state index in [9.17, 15) is 0 Å². The van der Waals surface area contributed by atoms with Crippen molar-refractivity contribution in [1.29, 1.82) is 0 Å². The number of hydrogen-bond acceptors (Lipinski definition) is 1. The molecule has 1 aliphatic rings. The Hall–Kier alpha value is 0.250. The SMILES string of the molecule is C1CCCCC1.CC(O)CCCCCCl. The van der Waals surface area contributed by atoms with Gasteiger partial charge in [0, 0.05) is 5.88 Å². The van der Waals surface area contributed by atoms with Gasteiger partial charge >= 0.3 is 0 Å². The minimum Gasteiger partial charge on any atom is -0.393 e. The Morgan fingerprint density at radius 2 is 1.40 bits per heavy atom. The second-order valence-electron chi connectivity index (χ2n) is 4.51. The van der Waals surface area contributed by atoms with Gasteiger partial charge in [0.25, 0.3) is 0 Å². The summed E-state index contributed by atoms with van der Waals surface area (Å²) >= 11 is 5.45. The normalized spacial score (nSPS) is 17.8. The van der Waals surface area contributed by atoms with E-state index in [0.29, 0.717) is 0 Å². The molecule has 1 rings (SSSR count). The highest BCUT2D eigenvalue weighted by Gasteiger charge is 1.95. The molecule has 1 N–H and O–H groups in total. The molecule has 15 heavy (non-hydrogen) atoms. The summed E-state index contributed by atoms with van der Waals surface area (Å²) in [5.74, 6) is 0.750. The lowest BCUT2D eigenvalue weighted by Crippen LogP contribution is -1.98. The summed E-state index contributed by atoms with van der Waals surface area (Å²) in [5.41, 5.74) is 0. The Morgan fingerprint density at radius 3 is 1.73 bits per heavy atom. The first-order valence-electron chi connectivity index (χ1n) is 6.51. The second kappa shape index (κ2) is 12.3. The summed E-state index contributed by atoms with van der Waals surface area (Å²) in [5, 5.41) is 8.82. The molecule has 2 heteroatoms. The van der Waals surface area contributed by atoms with E-state index in [2.05, 4.69) is 0 Å². The van der Waals surface area contributed by atoms with Crippen LogP contribution in [0.15, 0.2) is 0 Å². The van der Waals surface area contributed by atoms with Gasteiger partial charge in [0.15, 0.2) is 0 Å². The molecule has 0 bridgehead atoms.